The van der Waals surface area contributed by atoms with E-state index in [1.54, 1.807) is 42.6 Å². The molecule has 0 aliphatic carbocycles. The zero-order valence-corrected chi connectivity index (χ0v) is 16.4. The first-order valence-corrected chi connectivity index (χ1v) is 9.11. The summed E-state index contributed by atoms with van der Waals surface area (Å²) in [5.41, 5.74) is 0.531. The maximum Gasteiger partial charge on any atom is 0.345 e. The van der Waals surface area contributed by atoms with Crippen LogP contribution in [0.2, 0.25) is 0 Å². The highest BCUT2D eigenvalue weighted by Crippen LogP contribution is 2.33. The molecule has 0 radical (unpaired) electrons. The van der Waals surface area contributed by atoms with Crippen molar-refractivity contribution in [3.8, 4) is 22.9 Å². The van der Waals surface area contributed by atoms with Gasteiger partial charge in [0.1, 0.15) is 5.75 Å². The number of hydrogen-bond donors (Lipinski definition) is 0. The van der Waals surface area contributed by atoms with Crippen LogP contribution in [0.25, 0.3) is 16.5 Å². The highest BCUT2D eigenvalue weighted by molar-refractivity contribution is 6.05. The molecular weight excluding hydrogens is 384 g/mol. The van der Waals surface area contributed by atoms with Crippen molar-refractivity contribution in [1.82, 2.24) is 9.55 Å². The number of ether oxygens (including phenoxy) is 3. The molecule has 2 aromatic carbocycles. The predicted molar refractivity (Wildman–Crippen MR) is 112 cm³/mol. The number of fused-ring (bicyclic) bond motifs is 1. The normalized spacial score (nSPS) is 10.6. The molecule has 0 saturated heterocycles. The van der Waals surface area contributed by atoms with Gasteiger partial charge in [-0.2, -0.15) is 0 Å². The summed E-state index contributed by atoms with van der Waals surface area (Å²) >= 11 is 0. The van der Waals surface area contributed by atoms with Gasteiger partial charge in [0, 0.05) is 23.5 Å². The standard InChI is InChI=1S/C23H18N2O5/c1-28-20-11-17-18(12-21(20)29-2)22(26)25(15-7-4-3-5-8-15)14-19(17)23(27)30-16-9-6-10-24-13-16/h3-14H,1-2H3. The number of nitrogens with zero attached hydrogens (tertiary/aromatic N) is 2. The van der Waals surface area contributed by atoms with Crippen LogP contribution in [0.5, 0.6) is 17.2 Å². The highest BCUT2D eigenvalue weighted by atomic mass is 16.5. The minimum absolute atomic E-state index is 0.207. The van der Waals surface area contributed by atoms with Gasteiger partial charge in [0.25, 0.3) is 5.56 Å². The van der Waals surface area contributed by atoms with Crippen LogP contribution in [0.4, 0.5) is 0 Å². The van der Waals surface area contributed by atoms with Gasteiger partial charge >= 0.3 is 5.97 Å². The van der Waals surface area contributed by atoms with Gasteiger partial charge in [-0.1, -0.05) is 18.2 Å². The molecule has 0 bridgehead atoms. The van der Waals surface area contributed by atoms with Crippen LogP contribution in [0.15, 0.2) is 78.0 Å². The third kappa shape index (κ3) is 3.48. The highest BCUT2D eigenvalue weighted by Gasteiger charge is 2.20. The van der Waals surface area contributed by atoms with Gasteiger partial charge in [-0.25, -0.2) is 4.79 Å². The molecule has 2 aromatic heterocycles. The molecule has 0 atom stereocenters. The van der Waals surface area contributed by atoms with Crippen molar-refractivity contribution >= 4 is 16.7 Å². The van der Waals surface area contributed by atoms with Gasteiger partial charge in [0.15, 0.2) is 11.5 Å². The Morgan fingerprint density at radius 2 is 1.63 bits per heavy atom. The number of carbonyl (C=O) groups excluding carboxylic acids is 1. The van der Waals surface area contributed by atoms with Crippen LogP contribution in [0.3, 0.4) is 0 Å². The summed E-state index contributed by atoms with van der Waals surface area (Å²) in [5.74, 6) is 0.468. The Bertz CT molecular complexity index is 1270. The molecule has 0 unspecified atom stereocenters. The molecule has 2 heterocycles. The molecule has 0 fully saturated rings. The number of pyridine rings is 2. The Balaban J connectivity index is 1.97. The summed E-state index contributed by atoms with van der Waals surface area (Å²) in [5, 5.41) is 0.705. The van der Waals surface area contributed by atoms with Crippen molar-refractivity contribution in [1.29, 1.82) is 0 Å². The molecule has 0 spiro atoms. The second-order valence-corrected chi connectivity index (χ2v) is 6.38. The van der Waals surface area contributed by atoms with E-state index in [9.17, 15) is 9.59 Å². The van der Waals surface area contributed by atoms with E-state index >= 15 is 0 Å². The molecule has 4 rings (SSSR count). The molecule has 150 valence electrons. The fraction of sp³-hybridized carbons (Fsp3) is 0.0870. The Kier molecular flexibility index (Phi) is 5.17. The van der Waals surface area contributed by atoms with Crippen LogP contribution in [0.1, 0.15) is 10.4 Å². The summed E-state index contributed by atoms with van der Waals surface area (Å²) in [7, 11) is 2.97. The van der Waals surface area contributed by atoms with Gasteiger partial charge in [0.2, 0.25) is 0 Å². The van der Waals surface area contributed by atoms with E-state index in [1.165, 1.54) is 31.2 Å². The number of methoxy groups -OCH3 is 2. The monoisotopic (exact) mass is 402 g/mol. The summed E-state index contributed by atoms with van der Waals surface area (Å²) in [6, 6.07) is 15.5. The summed E-state index contributed by atoms with van der Waals surface area (Å²) in [6.07, 6.45) is 4.50. The molecule has 0 aliphatic rings. The molecule has 7 nitrogen and oxygen atoms in total. The number of aromatic nitrogens is 2. The van der Waals surface area contributed by atoms with E-state index in [0.717, 1.165) is 0 Å². The van der Waals surface area contributed by atoms with E-state index < -0.39 is 5.97 Å². The van der Waals surface area contributed by atoms with E-state index in [4.69, 9.17) is 14.2 Å². The van der Waals surface area contributed by atoms with E-state index in [2.05, 4.69) is 4.98 Å². The average Bonchev–Trinajstić information content (AvgIpc) is 2.79. The lowest BCUT2D eigenvalue weighted by molar-refractivity contribution is 0.0735. The Morgan fingerprint density at radius 1 is 0.933 bits per heavy atom. The lowest BCUT2D eigenvalue weighted by atomic mass is 10.1. The molecule has 30 heavy (non-hydrogen) atoms. The minimum Gasteiger partial charge on any atom is -0.493 e. The van der Waals surface area contributed by atoms with Crippen molar-refractivity contribution in [2.45, 2.75) is 0 Å². The molecule has 0 aliphatic heterocycles. The molecular formula is C23H18N2O5. The van der Waals surface area contributed by atoms with Crippen molar-refractivity contribution < 1.29 is 19.0 Å². The molecule has 0 N–H and O–H groups in total. The van der Waals surface area contributed by atoms with E-state index in [-0.39, 0.29) is 11.1 Å². The number of benzene rings is 2. The van der Waals surface area contributed by atoms with Crippen LogP contribution in [0, 0.1) is 0 Å². The number of esters is 1. The van der Waals surface area contributed by atoms with Crippen molar-refractivity contribution in [3.63, 3.8) is 0 Å². The Morgan fingerprint density at radius 3 is 2.27 bits per heavy atom. The Labute approximate surface area is 172 Å². The maximum absolute atomic E-state index is 13.2. The van der Waals surface area contributed by atoms with Gasteiger partial charge in [0.05, 0.1) is 31.4 Å². The lowest BCUT2D eigenvalue weighted by Crippen LogP contribution is -2.22. The zero-order chi connectivity index (χ0) is 21.1. The lowest BCUT2D eigenvalue weighted by Gasteiger charge is -2.14. The summed E-state index contributed by atoms with van der Waals surface area (Å²) in [6.45, 7) is 0. The first kappa shape index (κ1) is 19.2. The number of carbonyl (C=O) groups is 1. The quantitative estimate of drug-likeness (QED) is 0.475. The van der Waals surface area contributed by atoms with Crippen LogP contribution in [-0.2, 0) is 0 Å². The van der Waals surface area contributed by atoms with Crippen molar-refractivity contribution in [2.75, 3.05) is 14.2 Å². The topological polar surface area (TPSA) is 79.7 Å². The number of para-hydroxylation sites is 1. The second kappa shape index (κ2) is 8.08. The van der Waals surface area contributed by atoms with Crippen LogP contribution in [-0.4, -0.2) is 29.7 Å². The summed E-state index contributed by atoms with van der Waals surface area (Å²) < 4.78 is 17.6. The SMILES string of the molecule is COc1cc2c(C(=O)Oc3cccnc3)cn(-c3ccccc3)c(=O)c2cc1OC. The third-order valence-corrected chi connectivity index (χ3v) is 4.62. The van der Waals surface area contributed by atoms with Crippen molar-refractivity contribution in [2.24, 2.45) is 0 Å². The van der Waals surface area contributed by atoms with Gasteiger partial charge in [-0.05, 0) is 36.4 Å². The molecule has 0 saturated carbocycles. The number of hydrogen-bond acceptors (Lipinski definition) is 6. The third-order valence-electron chi connectivity index (χ3n) is 4.62. The average molecular weight is 402 g/mol. The molecule has 4 aromatic rings. The van der Waals surface area contributed by atoms with Crippen molar-refractivity contribution in [3.05, 3.63) is 89.1 Å². The number of rotatable bonds is 5. The minimum atomic E-state index is -0.620. The van der Waals surface area contributed by atoms with Gasteiger partial charge in [-0.15, -0.1) is 0 Å². The zero-order valence-electron chi connectivity index (χ0n) is 16.4. The first-order valence-electron chi connectivity index (χ1n) is 9.11. The second-order valence-electron chi connectivity index (χ2n) is 6.38. The summed E-state index contributed by atoms with van der Waals surface area (Å²) in [4.78, 5) is 30.2. The Hall–Kier alpha value is -4.13. The van der Waals surface area contributed by atoms with Crippen LogP contribution < -0.4 is 19.8 Å². The van der Waals surface area contributed by atoms with E-state index in [0.29, 0.717) is 33.7 Å². The van der Waals surface area contributed by atoms with Gasteiger partial charge < -0.3 is 14.2 Å². The van der Waals surface area contributed by atoms with E-state index in [1.807, 2.05) is 18.2 Å². The largest absolute Gasteiger partial charge is 0.493 e. The predicted octanol–water partition coefficient (Wildman–Crippen LogP) is 3.62. The molecule has 0 amide bonds. The first-order chi connectivity index (χ1) is 14.6. The van der Waals surface area contributed by atoms with Crippen LogP contribution >= 0.6 is 0 Å². The fourth-order valence-corrected chi connectivity index (χ4v) is 3.18. The van der Waals surface area contributed by atoms with Gasteiger partial charge in [-0.3, -0.25) is 14.3 Å². The maximum atomic E-state index is 13.2. The smallest absolute Gasteiger partial charge is 0.345 e. The molecule has 7 heteroatoms. The fourth-order valence-electron chi connectivity index (χ4n) is 3.18.